The van der Waals surface area contributed by atoms with Crippen LogP contribution in [0.5, 0.6) is 0 Å². The van der Waals surface area contributed by atoms with Gasteiger partial charge in [0.2, 0.25) is 0 Å². The van der Waals surface area contributed by atoms with Crippen LogP contribution in [0.2, 0.25) is 0 Å². The van der Waals surface area contributed by atoms with Crippen molar-refractivity contribution in [2.24, 2.45) is 0 Å². The maximum absolute atomic E-state index is 13.8. The Labute approximate surface area is 187 Å². The molecule has 1 aliphatic rings. The summed E-state index contributed by atoms with van der Waals surface area (Å²) in [5, 5.41) is 3.01. The molecule has 3 aromatic carbocycles. The quantitative estimate of drug-likeness (QED) is 0.510. The number of halogens is 1. The molecule has 0 saturated heterocycles. The predicted molar refractivity (Wildman–Crippen MR) is 126 cm³/mol. The van der Waals surface area contributed by atoms with E-state index in [0.717, 1.165) is 16.7 Å². The van der Waals surface area contributed by atoms with Crippen molar-refractivity contribution in [1.29, 1.82) is 0 Å². The van der Waals surface area contributed by atoms with E-state index in [1.807, 2.05) is 44.2 Å². The second kappa shape index (κ2) is 8.42. The van der Waals surface area contributed by atoms with E-state index in [4.69, 9.17) is 0 Å². The van der Waals surface area contributed by atoms with E-state index in [2.05, 4.69) is 19.2 Å². The lowest BCUT2D eigenvalue weighted by atomic mass is 9.97. The van der Waals surface area contributed by atoms with Gasteiger partial charge >= 0.3 is 0 Å². The molecule has 0 aliphatic carbocycles. The monoisotopic (exact) mass is 428 g/mol. The highest BCUT2D eigenvalue weighted by Gasteiger charge is 2.40. The molecule has 0 atom stereocenters. The van der Waals surface area contributed by atoms with E-state index >= 15 is 0 Å². The van der Waals surface area contributed by atoms with Crippen LogP contribution >= 0.6 is 0 Å². The van der Waals surface area contributed by atoms with Crippen LogP contribution in [0.4, 0.5) is 15.8 Å². The minimum absolute atomic E-state index is 0.139. The van der Waals surface area contributed by atoms with E-state index in [1.165, 1.54) is 17.0 Å². The number of benzene rings is 3. The van der Waals surface area contributed by atoms with E-state index in [-0.39, 0.29) is 11.3 Å². The second-order valence-corrected chi connectivity index (χ2v) is 8.40. The fourth-order valence-corrected chi connectivity index (χ4v) is 3.94. The molecule has 0 fully saturated rings. The molecule has 0 radical (unpaired) electrons. The number of nitrogens with zero attached hydrogens (tertiary/aromatic N) is 1. The van der Waals surface area contributed by atoms with Crippen LogP contribution in [0.3, 0.4) is 0 Å². The van der Waals surface area contributed by atoms with Gasteiger partial charge in [-0.25, -0.2) is 9.29 Å². The molecule has 1 N–H and O–H groups in total. The van der Waals surface area contributed by atoms with Crippen molar-refractivity contribution in [3.8, 4) is 0 Å². The van der Waals surface area contributed by atoms with Crippen molar-refractivity contribution in [1.82, 2.24) is 0 Å². The average molecular weight is 429 g/mol. The van der Waals surface area contributed by atoms with Gasteiger partial charge in [0.15, 0.2) is 0 Å². The molecule has 162 valence electrons. The Morgan fingerprint density at radius 2 is 1.59 bits per heavy atom. The Balaban J connectivity index is 1.82. The zero-order valence-corrected chi connectivity index (χ0v) is 18.6. The number of carbonyl (C=O) groups excluding carboxylic acids is 2. The van der Waals surface area contributed by atoms with E-state index < -0.39 is 17.6 Å². The molecule has 32 heavy (non-hydrogen) atoms. The highest BCUT2D eigenvalue weighted by Crippen LogP contribution is 2.35. The molecule has 2 amide bonds. The van der Waals surface area contributed by atoms with Crippen LogP contribution in [0.15, 0.2) is 72.4 Å². The van der Waals surface area contributed by atoms with Crippen molar-refractivity contribution < 1.29 is 14.0 Å². The standard InChI is InChI=1S/C27H25FN2O2/c1-16(2)19-9-11-22(12-10-19)30-26(31)24(23-13-8-17(3)14-18(23)4)25(27(30)32)29-21-7-5-6-20(28)15-21/h5-16,29H,1-4H3. The van der Waals surface area contributed by atoms with Crippen LogP contribution in [0, 0.1) is 19.7 Å². The van der Waals surface area contributed by atoms with Crippen LogP contribution in [-0.2, 0) is 9.59 Å². The molecule has 1 heterocycles. The molecule has 0 unspecified atom stereocenters. The Bertz CT molecular complexity index is 1240. The summed E-state index contributed by atoms with van der Waals surface area (Å²) < 4.78 is 13.8. The molecule has 3 aromatic rings. The number of rotatable bonds is 5. The Kier molecular flexibility index (Phi) is 5.66. The fourth-order valence-electron chi connectivity index (χ4n) is 3.94. The van der Waals surface area contributed by atoms with Gasteiger partial charge in [-0.15, -0.1) is 0 Å². The maximum Gasteiger partial charge on any atom is 0.282 e. The summed E-state index contributed by atoms with van der Waals surface area (Å²) in [7, 11) is 0. The van der Waals surface area contributed by atoms with Gasteiger partial charge in [0, 0.05) is 5.69 Å². The molecule has 1 aliphatic heterocycles. The van der Waals surface area contributed by atoms with Crippen molar-refractivity contribution in [2.45, 2.75) is 33.6 Å². The number of amides is 2. The number of hydrogen-bond acceptors (Lipinski definition) is 3. The van der Waals surface area contributed by atoms with Gasteiger partial charge in [-0.2, -0.15) is 0 Å². The third kappa shape index (κ3) is 3.94. The minimum Gasteiger partial charge on any atom is -0.350 e. The normalized spacial score (nSPS) is 14.0. The summed E-state index contributed by atoms with van der Waals surface area (Å²) in [5.74, 6) is -0.964. The van der Waals surface area contributed by atoms with Gasteiger partial charge in [0.1, 0.15) is 11.5 Å². The molecule has 0 saturated carbocycles. The Morgan fingerprint density at radius 1 is 0.875 bits per heavy atom. The topological polar surface area (TPSA) is 49.4 Å². The molecule has 4 rings (SSSR count). The number of carbonyl (C=O) groups is 2. The summed E-state index contributed by atoms with van der Waals surface area (Å²) in [5.41, 5.74) is 5.07. The van der Waals surface area contributed by atoms with Crippen LogP contribution in [-0.4, -0.2) is 11.8 Å². The largest absolute Gasteiger partial charge is 0.350 e. The zero-order valence-electron chi connectivity index (χ0n) is 18.6. The summed E-state index contributed by atoms with van der Waals surface area (Å²) in [6.45, 7) is 8.05. The third-order valence-electron chi connectivity index (χ3n) is 5.65. The summed E-state index contributed by atoms with van der Waals surface area (Å²) >= 11 is 0. The highest BCUT2D eigenvalue weighted by molar-refractivity contribution is 6.46. The van der Waals surface area contributed by atoms with E-state index in [9.17, 15) is 14.0 Å². The second-order valence-electron chi connectivity index (χ2n) is 8.40. The first-order valence-electron chi connectivity index (χ1n) is 10.6. The molecule has 0 spiro atoms. The highest BCUT2D eigenvalue weighted by atomic mass is 19.1. The van der Waals surface area contributed by atoms with Crippen molar-refractivity contribution >= 4 is 28.8 Å². The molecule has 0 bridgehead atoms. The van der Waals surface area contributed by atoms with Crippen molar-refractivity contribution in [3.63, 3.8) is 0 Å². The van der Waals surface area contributed by atoms with Gasteiger partial charge in [-0.05, 0) is 66.8 Å². The number of aryl methyl sites for hydroxylation is 2. The third-order valence-corrected chi connectivity index (χ3v) is 5.65. The van der Waals surface area contributed by atoms with Crippen molar-refractivity contribution in [2.75, 3.05) is 10.2 Å². The van der Waals surface area contributed by atoms with E-state index in [1.54, 1.807) is 24.3 Å². The Hall–Kier alpha value is -3.73. The van der Waals surface area contributed by atoms with Crippen LogP contribution in [0.25, 0.3) is 5.57 Å². The predicted octanol–water partition coefficient (Wildman–Crippen LogP) is 5.96. The summed E-state index contributed by atoms with van der Waals surface area (Å²) in [6.07, 6.45) is 0. The maximum atomic E-state index is 13.8. The zero-order chi connectivity index (χ0) is 23.0. The van der Waals surface area contributed by atoms with Gasteiger partial charge in [0.25, 0.3) is 11.8 Å². The first-order valence-corrected chi connectivity index (χ1v) is 10.6. The van der Waals surface area contributed by atoms with E-state index in [0.29, 0.717) is 22.9 Å². The van der Waals surface area contributed by atoms with Gasteiger partial charge < -0.3 is 5.32 Å². The van der Waals surface area contributed by atoms with Crippen LogP contribution < -0.4 is 10.2 Å². The number of imide groups is 1. The minimum atomic E-state index is -0.466. The molecular formula is C27H25FN2O2. The average Bonchev–Trinajstić information content (AvgIpc) is 2.98. The first kappa shape index (κ1) is 21.5. The molecule has 0 aromatic heterocycles. The van der Waals surface area contributed by atoms with Gasteiger partial charge in [-0.1, -0.05) is 55.8 Å². The smallest absolute Gasteiger partial charge is 0.282 e. The Morgan fingerprint density at radius 3 is 2.22 bits per heavy atom. The summed E-state index contributed by atoms with van der Waals surface area (Å²) in [6, 6.07) is 19.0. The SMILES string of the molecule is Cc1ccc(C2=C(Nc3cccc(F)c3)C(=O)N(c3ccc(C(C)C)cc3)C2=O)c(C)c1. The lowest BCUT2D eigenvalue weighted by Crippen LogP contribution is -2.32. The van der Waals surface area contributed by atoms with Gasteiger partial charge in [0.05, 0.1) is 11.3 Å². The first-order chi connectivity index (χ1) is 15.3. The fraction of sp³-hybridized carbons (Fsp3) is 0.185. The van der Waals surface area contributed by atoms with Crippen molar-refractivity contribution in [3.05, 3.63) is 100 Å². The number of nitrogens with one attached hydrogen (secondary N) is 1. The van der Waals surface area contributed by atoms with Gasteiger partial charge in [-0.3, -0.25) is 9.59 Å². The number of hydrogen-bond donors (Lipinski definition) is 1. The molecular weight excluding hydrogens is 403 g/mol. The summed E-state index contributed by atoms with van der Waals surface area (Å²) in [4.78, 5) is 28.2. The molecule has 4 nitrogen and oxygen atoms in total. The lowest BCUT2D eigenvalue weighted by molar-refractivity contribution is -0.120. The molecule has 5 heteroatoms. The lowest BCUT2D eigenvalue weighted by Gasteiger charge is -2.17. The number of anilines is 2. The van der Waals surface area contributed by atoms with Crippen LogP contribution in [0.1, 0.15) is 42.0 Å².